The van der Waals surface area contributed by atoms with Crippen LogP contribution in [0.1, 0.15) is 0 Å². The van der Waals surface area contributed by atoms with Crippen LogP contribution in [0.25, 0.3) is 110 Å². The number of aromatic nitrogens is 4. The lowest BCUT2D eigenvalue weighted by Gasteiger charge is -2.12. The second kappa shape index (κ2) is 12.3. The van der Waals surface area contributed by atoms with Crippen LogP contribution in [0.4, 0.5) is 0 Å². The Labute approximate surface area is 313 Å². The molecule has 6 heteroatoms. The van der Waals surface area contributed by atoms with Crippen molar-refractivity contribution in [2.45, 2.75) is 0 Å². The van der Waals surface area contributed by atoms with Gasteiger partial charge >= 0.3 is 0 Å². The van der Waals surface area contributed by atoms with Gasteiger partial charge in [-0.25, -0.2) is 19.9 Å². The van der Waals surface area contributed by atoms with Gasteiger partial charge in [-0.05, 0) is 51.4 Å². The zero-order chi connectivity index (χ0) is 35.6. The molecular formula is C48H28N4OS. The number of thiazole rings is 1. The van der Waals surface area contributed by atoms with Gasteiger partial charge < -0.3 is 4.42 Å². The third-order valence-corrected chi connectivity index (χ3v) is 11.2. The summed E-state index contributed by atoms with van der Waals surface area (Å²) in [5.41, 5.74) is 8.54. The van der Waals surface area contributed by atoms with E-state index in [2.05, 4.69) is 109 Å². The van der Waals surface area contributed by atoms with Gasteiger partial charge in [-0.3, -0.25) is 0 Å². The molecule has 0 N–H and O–H groups in total. The van der Waals surface area contributed by atoms with E-state index in [4.69, 9.17) is 24.4 Å². The molecule has 0 amide bonds. The summed E-state index contributed by atoms with van der Waals surface area (Å²) in [6.45, 7) is 0. The van der Waals surface area contributed by atoms with Crippen LogP contribution < -0.4 is 0 Å². The fourth-order valence-electron chi connectivity index (χ4n) is 7.48. The molecule has 11 aromatic rings. The zero-order valence-electron chi connectivity index (χ0n) is 28.8. The van der Waals surface area contributed by atoms with Crippen LogP contribution in [-0.2, 0) is 0 Å². The van der Waals surface area contributed by atoms with Crippen LogP contribution in [0.15, 0.2) is 174 Å². The average molecular weight is 709 g/mol. The van der Waals surface area contributed by atoms with Gasteiger partial charge in [0.1, 0.15) is 16.2 Å². The number of rotatable bonds is 5. The van der Waals surface area contributed by atoms with Crippen molar-refractivity contribution in [3.8, 4) is 55.9 Å². The summed E-state index contributed by atoms with van der Waals surface area (Å²) in [5, 5.41) is 7.79. The normalized spacial score (nSPS) is 11.7. The quantitative estimate of drug-likeness (QED) is 0.178. The highest BCUT2D eigenvalue weighted by Crippen LogP contribution is 2.42. The van der Waals surface area contributed by atoms with Crippen molar-refractivity contribution in [3.63, 3.8) is 0 Å². The van der Waals surface area contributed by atoms with Crippen molar-refractivity contribution < 1.29 is 4.42 Å². The molecule has 0 spiro atoms. The van der Waals surface area contributed by atoms with Gasteiger partial charge in [-0.15, -0.1) is 11.3 Å². The molecule has 0 saturated heterocycles. The Kier molecular flexibility index (Phi) is 6.97. The number of hydrogen-bond donors (Lipinski definition) is 0. The molecule has 8 aromatic carbocycles. The molecule has 0 radical (unpaired) electrons. The van der Waals surface area contributed by atoms with E-state index >= 15 is 0 Å². The molecule has 0 aliphatic rings. The summed E-state index contributed by atoms with van der Waals surface area (Å²) in [6, 6.07) is 58.7. The number of furan rings is 1. The van der Waals surface area contributed by atoms with E-state index in [9.17, 15) is 0 Å². The summed E-state index contributed by atoms with van der Waals surface area (Å²) in [5.74, 6) is 1.87. The number of benzene rings is 8. The standard InChI is InChI=1S/C48H28N4OS/c1-3-13-30(14-4-1)45-50-46(31-15-5-2-6-16-31)52-47(51-45)35-25-33-18-9-10-19-36(33)39(26-35)37-20-11-21-38-40-27-43-41(28-42(40)53-44(37)38)49-48(54-43)34-23-22-29-12-7-8-17-32(29)24-34/h1-28H. The maximum absolute atomic E-state index is 6.79. The van der Waals surface area contributed by atoms with Crippen molar-refractivity contribution in [2.75, 3.05) is 0 Å². The van der Waals surface area contributed by atoms with Crippen molar-refractivity contribution in [2.24, 2.45) is 0 Å². The molecule has 5 nitrogen and oxygen atoms in total. The maximum atomic E-state index is 6.79. The largest absolute Gasteiger partial charge is 0.455 e. The smallest absolute Gasteiger partial charge is 0.164 e. The lowest BCUT2D eigenvalue weighted by molar-refractivity contribution is 0.670. The predicted octanol–water partition coefficient (Wildman–Crippen LogP) is 13.0. The molecule has 0 aliphatic carbocycles. The molecule has 0 unspecified atom stereocenters. The summed E-state index contributed by atoms with van der Waals surface area (Å²) >= 11 is 1.71. The second-order valence-corrected chi connectivity index (χ2v) is 14.5. The summed E-state index contributed by atoms with van der Waals surface area (Å²) in [6.07, 6.45) is 0. The first-order chi connectivity index (χ1) is 26.7. The van der Waals surface area contributed by atoms with Crippen LogP contribution in [0.5, 0.6) is 0 Å². The van der Waals surface area contributed by atoms with Crippen molar-refractivity contribution in [1.29, 1.82) is 0 Å². The molecule has 3 aromatic heterocycles. The van der Waals surface area contributed by atoms with Gasteiger partial charge in [0.05, 0.1) is 10.2 Å². The van der Waals surface area contributed by atoms with Crippen molar-refractivity contribution in [1.82, 2.24) is 19.9 Å². The Morgan fingerprint density at radius 1 is 0.389 bits per heavy atom. The average Bonchev–Trinajstić information content (AvgIpc) is 3.83. The lowest BCUT2D eigenvalue weighted by Crippen LogP contribution is -2.00. The Hall–Kier alpha value is -7.02. The van der Waals surface area contributed by atoms with E-state index in [0.717, 1.165) is 81.3 Å². The van der Waals surface area contributed by atoms with Crippen LogP contribution in [0.2, 0.25) is 0 Å². The molecule has 0 atom stereocenters. The third-order valence-electron chi connectivity index (χ3n) is 10.1. The molecule has 3 heterocycles. The number of nitrogens with zero attached hydrogens (tertiary/aromatic N) is 4. The Morgan fingerprint density at radius 2 is 1.02 bits per heavy atom. The highest BCUT2D eigenvalue weighted by Gasteiger charge is 2.19. The van der Waals surface area contributed by atoms with Gasteiger partial charge in [0.25, 0.3) is 0 Å². The topological polar surface area (TPSA) is 64.7 Å². The fourth-order valence-corrected chi connectivity index (χ4v) is 8.46. The third kappa shape index (κ3) is 5.15. The SMILES string of the molecule is c1ccc(-c2nc(-c3ccccc3)nc(-c3cc(-c4cccc5c4oc4cc6nc(-c7ccc8ccccc8c7)sc6cc45)c4ccccc4c3)n2)cc1. The van der Waals surface area contributed by atoms with Gasteiger partial charge in [-0.2, -0.15) is 0 Å². The first kappa shape index (κ1) is 30.6. The van der Waals surface area contributed by atoms with Crippen LogP contribution in [-0.4, -0.2) is 19.9 Å². The predicted molar refractivity (Wildman–Crippen MR) is 222 cm³/mol. The van der Waals surface area contributed by atoms with E-state index in [0.29, 0.717) is 17.5 Å². The van der Waals surface area contributed by atoms with Gasteiger partial charge in [0.15, 0.2) is 17.5 Å². The highest BCUT2D eigenvalue weighted by atomic mass is 32.1. The maximum Gasteiger partial charge on any atom is 0.164 e. The first-order valence-electron chi connectivity index (χ1n) is 17.9. The number of fused-ring (bicyclic) bond motifs is 6. The van der Waals surface area contributed by atoms with E-state index in [1.54, 1.807) is 11.3 Å². The van der Waals surface area contributed by atoms with Crippen LogP contribution in [0, 0.1) is 0 Å². The second-order valence-electron chi connectivity index (χ2n) is 13.5. The summed E-state index contributed by atoms with van der Waals surface area (Å²) < 4.78 is 7.92. The summed E-state index contributed by atoms with van der Waals surface area (Å²) in [4.78, 5) is 20.1. The van der Waals surface area contributed by atoms with E-state index in [1.807, 2.05) is 60.7 Å². The summed E-state index contributed by atoms with van der Waals surface area (Å²) in [7, 11) is 0. The fraction of sp³-hybridized carbons (Fsp3) is 0. The minimum Gasteiger partial charge on any atom is -0.455 e. The van der Waals surface area contributed by atoms with E-state index in [-0.39, 0.29) is 0 Å². The van der Waals surface area contributed by atoms with Gasteiger partial charge in [0.2, 0.25) is 0 Å². The molecule has 0 aliphatic heterocycles. The highest BCUT2D eigenvalue weighted by molar-refractivity contribution is 7.21. The molecule has 0 bridgehead atoms. The number of hydrogen-bond acceptors (Lipinski definition) is 6. The zero-order valence-corrected chi connectivity index (χ0v) is 29.6. The van der Waals surface area contributed by atoms with E-state index < -0.39 is 0 Å². The molecule has 252 valence electrons. The Morgan fingerprint density at radius 3 is 1.78 bits per heavy atom. The van der Waals surface area contributed by atoms with E-state index in [1.165, 1.54) is 10.8 Å². The molecule has 0 fully saturated rings. The minimum absolute atomic E-state index is 0.611. The molecule has 54 heavy (non-hydrogen) atoms. The molecular weight excluding hydrogens is 681 g/mol. The van der Waals surface area contributed by atoms with Crippen LogP contribution in [0.3, 0.4) is 0 Å². The Bertz CT molecular complexity index is 3170. The van der Waals surface area contributed by atoms with Crippen molar-refractivity contribution >= 4 is 65.0 Å². The number of para-hydroxylation sites is 1. The lowest BCUT2D eigenvalue weighted by atomic mass is 9.94. The molecule has 11 rings (SSSR count). The molecule has 0 saturated carbocycles. The first-order valence-corrected chi connectivity index (χ1v) is 18.7. The van der Waals surface area contributed by atoms with Gasteiger partial charge in [0, 0.05) is 44.7 Å². The van der Waals surface area contributed by atoms with Gasteiger partial charge in [-0.1, -0.05) is 140 Å². The van der Waals surface area contributed by atoms with Crippen molar-refractivity contribution in [3.05, 3.63) is 170 Å². The minimum atomic E-state index is 0.611. The van der Waals surface area contributed by atoms with Crippen LogP contribution >= 0.6 is 11.3 Å². The Balaban J connectivity index is 1.08. The monoisotopic (exact) mass is 708 g/mol.